The molecule has 1 aliphatic carbocycles. The Bertz CT molecular complexity index is 450. The largest absolute Gasteiger partial charge is 0.399 e. The van der Waals surface area contributed by atoms with Crippen LogP contribution < -0.4 is 11.1 Å². The van der Waals surface area contributed by atoms with Crippen LogP contribution in [0.2, 0.25) is 0 Å². The molecule has 116 valence electrons. The summed E-state index contributed by atoms with van der Waals surface area (Å²) in [6.45, 7) is 3.17. The number of amides is 1. The first-order valence-electron chi connectivity index (χ1n) is 8.24. The number of carbonyl (C=O) groups is 1. The molecule has 21 heavy (non-hydrogen) atoms. The molecule has 3 N–H and O–H groups in total. The molecule has 1 aliphatic rings. The number of hydrogen-bond donors (Lipinski definition) is 2. The zero-order chi connectivity index (χ0) is 15.1. The lowest BCUT2D eigenvalue weighted by Gasteiger charge is -2.26. The van der Waals surface area contributed by atoms with E-state index in [2.05, 4.69) is 12.2 Å². The molecule has 2 rings (SSSR count). The average molecular weight is 288 g/mol. The molecule has 0 radical (unpaired) electrons. The van der Waals surface area contributed by atoms with Gasteiger partial charge in [0.05, 0.1) is 0 Å². The van der Waals surface area contributed by atoms with Crippen molar-refractivity contribution in [1.29, 1.82) is 0 Å². The zero-order valence-electron chi connectivity index (χ0n) is 13.1. The Morgan fingerprint density at radius 1 is 1.29 bits per heavy atom. The first kappa shape index (κ1) is 15.9. The Kier molecular flexibility index (Phi) is 6.09. The highest BCUT2D eigenvalue weighted by atomic mass is 16.1. The SMILES string of the molecule is CC1CCC(CCNC(=O)CCc2cccc(N)c2)CC1. The van der Waals surface area contributed by atoms with E-state index in [0.29, 0.717) is 6.42 Å². The lowest BCUT2D eigenvalue weighted by Crippen LogP contribution is -2.27. The first-order valence-corrected chi connectivity index (χ1v) is 8.24. The van der Waals surface area contributed by atoms with Gasteiger partial charge in [-0.2, -0.15) is 0 Å². The van der Waals surface area contributed by atoms with E-state index < -0.39 is 0 Å². The van der Waals surface area contributed by atoms with E-state index in [1.54, 1.807) is 0 Å². The molecular weight excluding hydrogens is 260 g/mol. The topological polar surface area (TPSA) is 55.1 Å². The molecule has 3 heteroatoms. The quantitative estimate of drug-likeness (QED) is 0.787. The minimum atomic E-state index is 0.154. The maximum absolute atomic E-state index is 11.9. The van der Waals surface area contributed by atoms with Gasteiger partial charge < -0.3 is 11.1 Å². The van der Waals surface area contributed by atoms with Crippen LogP contribution in [0.15, 0.2) is 24.3 Å². The lowest BCUT2D eigenvalue weighted by atomic mass is 9.81. The Hall–Kier alpha value is -1.51. The van der Waals surface area contributed by atoms with Crippen LogP contribution in [0.5, 0.6) is 0 Å². The zero-order valence-corrected chi connectivity index (χ0v) is 13.1. The van der Waals surface area contributed by atoms with Gasteiger partial charge in [0.25, 0.3) is 0 Å². The summed E-state index contributed by atoms with van der Waals surface area (Å²) < 4.78 is 0. The smallest absolute Gasteiger partial charge is 0.220 e. The highest BCUT2D eigenvalue weighted by molar-refractivity contribution is 5.76. The van der Waals surface area contributed by atoms with Crippen molar-refractivity contribution in [3.05, 3.63) is 29.8 Å². The summed E-state index contributed by atoms with van der Waals surface area (Å²) in [5, 5.41) is 3.06. The van der Waals surface area contributed by atoms with Crippen molar-refractivity contribution in [3.63, 3.8) is 0 Å². The third-order valence-electron chi connectivity index (χ3n) is 4.60. The summed E-state index contributed by atoms with van der Waals surface area (Å²) in [7, 11) is 0. The third-order valence-corrected chi connectivity index (χ3v) is 4.60. The number of aryl methyl sites for hydroxylation is 1. The van der Waals surface area contributed by atoms with Crippen molar-refractivity contribution in [2.45, 2.75) is 51.9 Å². The second-order valence-corrected chi connectivity index (χ2v) is 6.51. The van der Waals surface area contributed by atoms with E-state index in [1.807, 2.05) is 24.3 Å². The molecule has 0 aromatic heterocycles. The lowest BCUT2D eigenvalue weighted by molar-refractivity contribution is -0.121. The molecule has 0 unspecified atom stereocenters. The minimum Gasteiger partial charge on any atom is -0.399 e. The second-order valence-electron chi connectivity index (χ2n) is 6.51. The minimum absolute atomic E-state index is 0.154. The second kappa shape index (κ2) is 8.06. The van der Waals surface area contributed by atoms with Crippen LogP contribution in [0.25, 0.3) is 0 Å². The first-order chi connectivity index (χ1) is 10.1. The summed E-state index contributed by atoms with van der Waals surface area (Å²) in [5.74, 6) is 1.87. The van der Waals surface area contributed by atoms with E-state index in [-0.39, 0.29) is 5.91 Å². The highest BCUT2D eigenvalue weighted by Crippen LogP contribution is 2.29. The van der Waals surface area contributed by atoms with Crippen LogP contribution in [0, 0.1) is 11.8 Å². The molecule has 0 saturated heterocycles. The van der Waals surface area contributed by atoms with Gasteiger partial charge in [0.15, 0.2) is 0 Å². The van der Waals surface area contributed by atoms with E-state index in [9.17, 15) is 4.79 Å². The third kappa shape index (κ3) is 5.78. The predicted octanol–water partition coefficient (Wildman–Crippen LogP) is 3.53. The van der Waals surface area contributed by atoms with Gasteiger partial charge in [-0.1, -0.05) is 44.7 Å². The van der Waals surface area contributed by atoms with Gasteiger partial charge in [-0.15, -0.1) is 0 Å². The molecule has 3 nitrogen and oxygen atoms in total. The fourth-order valence-electron chi connectivity index (χ4n) is 3.13. The molecule has 1 fully saturated rings. The summed E-state index contributed by atoms with van der Waals surface area (Å²) in [4.78, 5) is 11.9. The number of nitrogen functional groups attached to an aromatic ring is 1. The standard InChI is InChI=1S/C18H28N2O/c1-14-5-7-15(8-6-14)11-12-20-18(21)10-9-16-3-2-4-17(19)13-16/h2-4,13-15H,5-12,19H2,1H3,(H,20,21). The van der Waals surface area contributed by atoms with Gasteiger partial charge in [-0.25, -0.2) is 0 Å². The number of anilines is 1. The van der Waals surface area contributed by atoms with Gasteiger partial charge in [-0.3, -0.25) is 4.79 Å². The summed E-state index contributed by atoms with van der Waals surface area (Å²) in [5.41, 5.74) is 7.63. The number of rotatable bonds is 6. The van der Waals surface area contributed by atoms with Gasteiger partial charge in [0, 0.05) is 18.7 Å². The van der Waals surface area contributed by atoms with E-state index in [1.165, 1.54) is 25.7 Å². The Morgan fingerprint density at radius 3 is 2.76 bits per heavy atom. The molecule has 1 saturated carbocycles. The summed E-state index contributed by atoms with van der Waals surface area (Å²) in [6.07, 6.45) is 7.82. The van der Waals surface area contributed by atoms with Crippen LogP contribution in [-0.2, 0) is 11.2 Å². The highest BCUT2D eigenvalue weighted by Gasteiger charge is 2.17. The van der Waals surface area contributed by atoms with Crippen LogP contribution in [0.4, 0.5) is 5.69 Å². The predicted molar refractivity (Wildman–Crippen MR) is 87.9 cm³/mol. The van der Waals surface area contributed by atoms with Crippen LogP contribution in [0.3, 0.4) is 0 Å². The van der Waals surface area contributed by atoms with E-state index in [0.717, 1.165) is 42.5 Å². The maximum Gasteiger partial charge on any atom is 0.220 e. The molecule has 0 atom stereocenters. The number of nitrogens with one attached hydrogen (secondary N) is 1. The van der Waals surface area contributed by atoms with Crippen LogP contribution >= 0.6 is 0 Å². The Balaban J connectivity index is 1.59. The van der Waals surface area contributed by atoms with Gasteiger partial charge in [0.1, 0.15) is 0 Å². The van der Waals surface area contributed by atoms with Crippen molar-refractivity contribution in [2.75, 3.05) is 12.3 Å². The van der Waals surface area contributed by atoms with Crippen molar-refractivity contribution < 1.29 is 4.79 Å². The maximum atomic E-state index is 11.9. The molecular formula is C18H28N2O. The fraction of sp³-hybridized carbons (Fsp3) is 0.611. The monoisotopic (exact) mass is 288 g/mol. The molecule has 0 bridgehead atoms. The number of benzene rings is 1. The summed E-state index contributed by atoms with van der Waals surface area (Å²) in [6, 6.07) is 7.77. The van der Waals surface area contributed by atoms with Crippen molar-refractivity contribution >= 4 is 11.6 Å². The summed E-state index contributed by atoms with van der Waals surface area (Å²) >= 11 is 0. The van der Waals surface area contributed by atoms with Crippen LogP contribution in [-0.4, -0.2) is 12.5 Å². The molecule has 0 heterocycles. The molecule has 1 amide bonds. The van der Waals surface area contributed by atoms with Crippen molar-refractivity contribution in [1.82, 2.24) is 5.32 Å². The normalized spacial score (nSPS) is 22.0. The van der Waals surface area contributed by atoms with E-state index >= 15 is 0 Å². The molecule has 1 aromatic rings. The number of nitrogens with two attached hydrogens (primary N) is 1. The number of hydrogen-bond acceptors (Lipinski definition) is 2. The Morgan fingerprint density at radius 2 is 2.05 bits per heavy atom. The molecule has 1 aromatic carbocycles. The molecule has 0 aliphatic heterocycles. The molecule has 0 spiro atoms. The van der Waals surface area contributed by atoms with Crippen molar-refractivity contribution in [3.8, 4) is 0 Å². The number of carbonyl (C=O) groups excluding carboxylic acids is 1. The van der Waals surface area contributed by atoms with Crippen molar-refractivity contribution in [2.24, 2.45) is 11.8 Å². The van der Waals surface area contributed by atoms with Gasteiger partial charge in [0.2, 0.25) is 5.91 Å². The average Bonchev–Trinajstić information content (AvgIpc) is 2.47. The van der Waals surface area contributed by atoms with E-state index in [4.69, 9.17) is 5.73 Å². The fourth-order valence-corrected chi connectivity index (χ4v) is 3.13. The van der Waals surface area contributed by atoms with Gasteiger partial charge in [-0.05, 0) is 42.4 Å². The van der Waals surface area contributed by atoms with Gasteiger partial charge >= 0.3 is 0 Å². The van der Waals surface area contributed by atoms with Crippen LogP contribution in [0.1, 0.15) is 51.0 Å². The Labute approximate surface area is 128 Å².